The first kappa shape index (κ1) is 13.6. The molecule has 1 aliphatic carbocycles. The largest absolute Gasteiger partial charge is 0.481 e. The number of nitrogens with one attached hydrogen (secondary N) is 1. The van der Waals surface area contributed by atoms with E-state index in [1.807, 2.05) is 13.0 Å². The van der Waals surface area contributed by atoms with Crippen LogP contribution in [0, 0.1) is 5.92 Å². The van der Waals surface area contributed by atoms with Crippen molar-refractivity contribution in [1.82, 2.24) is 5.32 Å². The minimum absolute atomic E-state index is 0.181. The predicted octanol–water partition coefficient (Wildman–Crippen LogP) is 2.45. The molecule has 4 heteroatoms. The second kappa shape index (κ2) is 5.43. The van der Waals surface area contributed by atoms with E-state index in [1.165, 1.54) is 0 Å². The Bertz CT molecular complexity index is 466. The van der Waals surface area contributed by atoms with Gasteiger partial charge in [0.25, 0.3) is 5.91 Å². The van der Waals surface area contributed by atoms with E-state index in [0.29, 0.717) is 12.0 Å². The lowest BCUT2D eigenvalue weighted by molar-refractivity contribution is -0.146. The molecule has 1 amide bonds. The van der Waals surface area contributed by atoms with E-state index in [4.69, 9.17) is 0 Å². The molecule has 0 spiro atoms. The van der Waals surface area contributed by atoms with Crippen molar-refractivity contribution in [3.05, 3.63) is 35.9 Å². The highest BCUT2D eigenvalue weighted by Gasteiger charge is 2.47. The lowest BCUT2D eigenvalue weighted by atomic mass is 9.67. The molecule has 0 radical (unpaired) electrons. The van der Waals surface area contributed by atoms with Crippen LogP contribution in [-0.4, -0.2) is 22.5 Å². The topological polar surface area (TPSA) is 66.4 Å². The summed E-state index contributed by atoms with van der Waals surface area (Å²) in [6.07, 6.45) is 3.00. The Labute approximate surface area is 112 Å². The second-order valence-electron chi connectivity index (χ2n) is 5.13. The highest BCUT2D eigenvalue weighted by molar-refractivity contribution is 5.95. The molecule has 1 saturated carbocycles. The summed E-state index contributed by atoms with van der Waals surface area (Å²) < 4.78 is 0. The van der Waals surface area contributed by atoms with Crippen molar-refractivity contribution in [3.8, 4) is 0 Å². The first-order valence-electron chi connectivity index (χ1n) is 6.69. The minimum atomic E-state index is -0.824. The van der Waals surface area contributed by atoms with Gasteiger partial charge in [0.05, 0.1) is 11.5 Å². The Morgan fingerprint density at radius 1 is 1.32 bits per heavy atom. The molecular formula is C15H19NO3. The van der Waals surface area contributed by atoms with Crippen LogP contribution in [0.25, 0.3) is 0 Å². The van der Waals surface area contributed by atoms with E-state index >= 15 is 0 Å². The summed E-state index contributed by atoms with van der Waals surface area (Å²) in [6, 6.07) is 8.93. The van der Waals surface area contributed by atoms with Crippen molar-refractivity contribution in [1.29, 1.82) is 0 Å². The predicted molar refractivity (Wildman–Crippen MR) is 71.9 cm³/mol. The van der Waals surface area contributed by atoms with Crippen LogP contribution >= 0.6 is 0 Å². The van der Waals surface area contributed by atoms with Gasteiger partial charge in [-0.2, -0.15) is 0 Å². The maximum Gasteiger partial charge on any atom is 0.308 e. The molecule has 1 aromatic rings. The van der Waals surface area contributed by atoms with Crippen LogP contribution in [0.5, 0.6) is 0 Å². The van der Waals surface area contributed by atoms with Crippen LogP contribution in [0.15, 0.2) is 30.3 Å². The standard InChI is InChI=1S/C15H19NO3/c1-2-12(14(18)19)15(9-6-10-15)16-13(17)11-7-4-3-5-8-11/h3-5,7-8,12H,2,6,9-10H2,1H3,(H,16,17)(H,18,19). The Morgan fingerprint density at radius 2 is 1.95 bits per heavy atom. The van der Waals surface area contributed by atoms with Gasteiger partial charge in [-0.3, -0.25) is 9.59 Å². The summed E-state index contributed by atoms with van der Waals surface area (Å²) in [4.78, 5) is 23.5. The van der Waals surface area contributed by atoms with Crippen LogP contribution in [0.4, 0.5) is 0 Å². The molecule has 0 aromatic heterocycles. The summed E-state index contributed by atoms with van der Waals surface area (Å²) in [5.74, 6) is -1.51. The van der Waals surface area contributed by atoms with Gasteiger partial charge in [0.15, 0.2) is 0 Å². The van der Waals surface area contributed by atoms with Gasteiger partial charge in [0.1, 0.15) is 0 Å². The minimum Gasteiger partial charge on any atom is -0.481 e. The molecule has 4 nitrogen and oxygen atoms in total. The molecule has 0 saturated heterocycles. The first-order valence-corrected chi connectivity index (χ1v) is 6.69. The van der Waals surface area contributed by atoms with Crippen LogP contribution in [0.2, 0.25) is 0 Å². The molecule has 2 rings (SSSR count). The SMILES string of the molecule is CCC(C(=O)O)C1(NC(=O)c2ccccc2)CCC1. The van der Waals surface area contributed by atoms with Crippen LogP contribution < -0.4 is 5.32 Å². The van der Waals surface area contributed by atoms with Crippen molar-refractivity contribution in [2.75, 3.05) is 0 Å². The maximum absolute atomic E-state index is 12.2. The van der Waals surface area contributed by atoms with E-state index in [1.54, 1.807) is 24.3 Å². The zero-order valence-electron chi connectivity index (χ0n) is 11.1. The summed E-state index contributed by atoms with van der Waals surface area (Å²) in [7, 11) is 0. The Morgan fingerprint density at radius 3 is 2.37 bits per heavy atom. The lowest BCUT2D eigenvalue weighted by Crippen LogP contribution is -2.60. The average Bonchev–Trinajstić information content (AvgIpc) is 2.37. The number of rotatable bonds is 5. The highest BCUT2D eigenvalue weighted by Crippen LogP contribution is 2.40. The molecule has 0 heterocycles. The number of amides is 1. The van der Waals surface area contributed by atoms with Gasteiger partial charge < -0.3 is 10.4 Å². The fourth-order valence-electron chi connectivity index (χ4n) is 2.81. The summed E-state index contributed by atoms with van der Waals surface area (Å²) >= 11 is 0. The smallest absolute Gasteiger partial charge is 0.308 e. The van der Waals surface area contributed by atoms with Gasteiger partial charge in [0.2, 0.25) is 0 Å². The number of benzene rings is 1. The molecule has 1 fully saturated rings. The number of aliphatic carboxylic acids is 1. The number of carbonyl (C=O) groups excluding carboxylic acids is 1. The van der Waals surface area contributed by atoms with Crippen molar-refractivity contribution < 1.29 is 14.7 Å². The van der Waals surface area contributed by atoms with E-state index in [-0.39, 0.29) is 5.91 Å². The van der Waals surface area contributed by atoms with E-state index in [0.717, 1.165) is 19.3 Å². The maximum atomic E-state index is 12.2. The van der Waals surface area contributed by atoms with E-state index in [9.17, 15) is 14.7 Å². The fraction of sp³-hybridized carbons (Fsp3) is 0.467. The molecule has 1 atom stereocenters. The van der Waals surface area contributed by atoms with Crippen LogP contribution in [0.1, 0.15) is 43.0 Å². The fourth-order valence-corrected chi connectivity index (χ4v) is 2.81. The Kier molecular flexibility index (Phi) is 3.88. The molecule has 19 heavy (non-hydrogen) atoms. The molecule has 0 aliphatic heterocycles. The van der Waals surface area contributed by atoms with Crippen LogP contribution in [0.3, 0.4) is 0 Å². The van der Waals surface area contributed by atoms with Gasteiger partial charge in [-0.15, -0.1) is 0 Å². The van der Waals surface area contributed by atoms with Gasteiger partial charge in [-0.25, -0.2) is 0 Å². The molecule has 1 aliphatic rings. The average molecular weight is 261 g/mol. The Hall–Kier alpha value is -1.84. The van der Waals surface area contributed by atoms with Crippen molar-refractivity contribution >= 4 is 11.9 Å². The van der Waals surface area contributed by atoms with Gasteiger partial charge in [-0.1, -0.05) is 25.1 Å². The number of carboxylic acid groups (broad SMARTS) is 1. The quantitative estimate of drug-likeness (QED) is 0.855. The van der Waals surface area contributed by atoms with E-state index in [2.05, 4.69) is 5.32 Å². The number of hydrogen-bond donors (Lipinski definition) is 2. The molecule has 1 unspecified atom stereocenters. The zero-order valence-corrected chi connectivity index (χ0v) is 11.1. The first-order chi connectivity index (χ1) is 9.09. The van der Waals surface area contributed by atoms with Crippen molar-refractivity contribution in [2.24, 2.45) is 5.92 Å². The van der Waals surface area contributed by atoms with Gasteiger partial charge in [-0.05, 0) is 37.8 Å². The molecule has 0 bridgehead atoms. The summed E-state index contributed by atoms with van der Waals surface area (Å²) in [5.41, 5.74) is 0.0158. The lowest BCUT2D eigenvalue weighted by Gasteiger charge is -2.46. The zero-order chi connectivity index (χ0) is 13.9. The highest BCUT2D eigenvalue weighted by atomic mass is 16.4. The van der Waals surface area contributed by atoms with Gasteiger partial charge in [0, 0.05) is 5.56 Å². The molecular weight excluding hydrogens is 242 g/mol. The normalized spacial score (nSPS) is 18.2. The number of hydrogen-bond acceptors (Lipinski definition) is 2. The van der Waals surface area contributed by atoms with Crippen LogP contribution in [-0.2, 0) is 4.79 Å². The van der Waals surface area contributed by atoms with Gasteiger partial charge >= 0.3 is 5.97 Å². The van der Waals surface area contributed by atoms with Crippen molar-refractivity contribution in [2.45, 2.75) is 38.1 Å². The second-order valence-corrected chi connectivity index (χ2v) is 5.13. The third-order valence-corrected chi connectivity index (χ3v) is 4.02. The summed E-state index contributed by atoms with van der Waals surface area (Å²) in [6.45, 7) is 1.85. The molecule has 1 aromatic carbocycles. The molecule has 102 valence electrons. The third kappa shape index (κ3) is 2.62. The van der Waals surface area contributed by atoms with E-state index < -0.39 is 17.4 Å². The molecule has 2 N–H and O–H groups in total. The Balaban J connectivity index is 2.15. The monoisotopic (exact) mass is 261 g/mol. The number of carbonyl (C=O) groups is 2. The number of carboxylic acids is 1. The summed E-state index contributed by atoms with van der Waals surface area (Å²) in [5, 5.41) is 12.3. The third-order valence-electron chi connectivity index (χ3n) is 4.02. The van der Waals surface area contributed by atoms with Crippen molar-refractivity contribution in [3.63, 3.8) is 0 Å².